The first-order valence-corrected chi connectivity index (χ1v) is 6.64. The van der Waals surface area contributed by atoms with E-state index < -0.39 is 4.75 Å². The van der Waals surface area contributed by atoms with Gasteiger partial charge in [-0.2, -0.15) is 0 Å². The van der Waals surface area contributed by atoms with Crippen molar-refractivity contribution in [2.45, 2.75) is 30.4 Å². The number of imidazole rings is 1. The third-order valence-corrected chi connectivity index (χ3v) is 3.70. The first-order chi connectivity index (χ1) is 8.53. The molecule has 1 aromatic carbocycles. The number of rotatable bonds is 4. The number of esters is 1. The number of nitrogens with zero attached hydrogens (tertiary/aromatic N) is 1. The van der Waals surface area contributed by atoms with Crippen LogP contribution in [0.5, 0.6) is 0 Å². The molecule has 1 heterocycles. The molecule has 0 saturated carbocycles. The fourth-order valence-corrected chi connectivity index (χ4v) is 2.66. The highest BCUT2D eigenvalue weighted by atomic mass is 32.2. The van der Waals surface area contributed by atoms with Crippen molar-refractivity contribution in [3.05, 3.63) is 24.5 Å². The number of fused-ring (bicyclic) bond motifs is 1. The Hall–Kier alpha value is -1.49. The van der Waals surface area contributed by atoms with Crippen LogP contribution in [0, 0.1) is 0 Å². The SMILES string of the molecule is CCOC(=O)C(C)(C)Sc1ccc2nc[nH]c2c1. The average Bonchev–Trinajstić information content (AvgIpc) is 2.76. The second kappa shape index (κ2) is 5.02. The molecule has 5 heteroatoms. The van der Waals surface area contributed by atoms with E-state index in [2.05, 4.69) is 9.97 Å². The molecule has 2 aromatic rings. The van der Waals surface area contributed by atoms with E-state index in [4.69, 9.17) is 4.74 Å². The number of aromatic amines is 1. The summed E-state index contributed by atoms with van der Waals surface area (Å²) in [6, 6.07) is 5.90. The molecule has 0 unspecified atom stereocenters. The van der Waals surface area contributed by atoms with Crippen molar-refractivity contribution >= 4 is 28.8 Å². The summed E-state index contributed by atoms with van der Waals surface area (Å²) < 4.78 is 4.48. The van der Waals surface area contributed by atoms with Crippen LogP contribution in [0.15, 0.2) is 29.4 Å². The smallest absolute Gasteiger partial charge is 0.321 e. The second-order valence-corrected chi connectivity index (χ2v) is 6.11. The molecule has 0 aliphatic rings. The molecule has 4 nitrogen and oxygen atoms in total. The van der Waals surface area contributed by atoms with Gasteiger partial charge in [-0.3, -0.25) is 4.79 Å². The van der Waals surface area contributed by atoms with Gasteiger partial charge in [0.25, 0.3) is 0 Å². The summed E-state index contributed by atoms with van der Waals surface area (Å²) in [7, 11) is 0. The Bertz CT molecular complexity index is 563. The maximum absolute atomic E-state index is 11.8. The maximum Gasteiger partial charge on any atom is 0.321 e. The fourth-order valence-electron chi connectivity index (χ4n) is 1.62. The number of hydrogen-bond donors (Lipinski definition) is 1. The van der Waals surface area contributed by atoms with Gasteiger partial charge < -0.3 is 9.72 Å². The second-order valence-electron chi connectivity index (χ2n) is 4.41. The van der Waals surface area contributed by atoms with Crippen LogP contribution in [0.3, 0.4) is 0 Å². The quantitative estimate of drug-likeness (QED) is 0.681. The Labute approximate surface area is 110 Å². The van der Waals surface area contributed by atoms with Crippen LogP contribution in [-0.4, -0.2) is 27.3 Å². The Morgan fingerprint density at radius 1 is 1.50 bits per heavy atom. The zero-order chi connectivity index (χ0) is 13.2. The number of carbonyl (C=O) groups excluding carboxylic acids is 1. The monoisotopic (exact) mass is 264 g/mol. The van der Waals surface area contributed by atoms with E-state index in [0.29, 0.717) is 6.61 Å². The first-order valence-electron chi connectivity index (χ1n) is 5.82. The van der Waals surface area contributed by atoms with Gasteiger partial charge in [0, 0.05) is 4.90 Å². The van der Waals surface area contributed by atoms with Crippen molar-refractivity contribution in [2.24, 2.45) is 0 Å². The third kappa shape index (κ3) is 2.67. The van der Waals surface area contributed by atoms with Crippen LogP contribution in [-0.2, 0) is 9.53 Å². The van der Waals surface area contributed by atoms with Gasteiger partial charge in [-0.25, -0.2) is 4.98 Å². The minimum absolute atomic E-state index is 0.195. The van der Waals surface area contributed by atoms with E-state index >= 15 is 0 Å². The molecule has 18 heavy (non-hydrogen) atoms. The summed E-state index contributed by atoms with van der Waals surface area (Å²) in [6.07, 6.45) is 1.66. The number of ether oxygens (including phenoxy) is 1. The molecule has 0 radical (unpaired) electrons. The lowest BCUT2D eigenvalue weighted by atomic mass is 10.2. The highest BCUT2D eigenvalue weighted by Crippen LogP contribution is 2.34. The fraction of sp³-hybridized carbons (Fsp3) is 0.385. The van der Waals surface area contributed by atoms with Gasteiger partial charge in [0.15, 0.2) is 0 Å². The number of carbonyl (C=O) groups is 1. The third-order valence-electron chi connectivity index (χ3n) is 2.53. The van der Waals surface area contributed by atoms with E-state index in [9.17, 15) is 4.79 Å². The zero-order valence-corrected chi connectivity index (χ0v) is 11.5. The molecular weight excluding hydrogens is 248 g/mol. The molecule has 0 saturated heterocycles. The molecule has 0 fully saturated rings. The standard InChI is InChI=1S/C13H16N2O2S/c1-4-17-12(16)13(2,3)18-9-5-6-10-11(7-9)15-8-14-10/h5-8H,4H2,1-3H3,(H,14,15). The van der Waals surface area contributed by atoms with Gasteiger partial charge in [-0.1, -0.05) is 0 Å². The van der Waals surface area contributed by atoms with E-state index in [0.717, 1.165) is 15.9 Å². The number of benzene rings is 1. The van der Waals surface area contributed by atoms with Crippen LogP contribution < -0.4 is 0 Å². The van der Waals surface area contributed by atoms with E-state index in [1.165, 1.54) is 11.8 Å². The van der Waals surface area contributed by atoms with Crippen LogP contribution in [0.25, 0.3) is 11.0 Å². The summed E-state index contributed by atoms with van der Waals surface area (Å²) >= 11 is 1.49. The molecule has 0 atom stereocenters. The van der Waals surface area contributed by atoms with Crippen LogP contribution in [0.2, 0.25) is 0 Å². The summed E-state index contributed by atoms with van der Waals surface area (Å²) in [5, 5.41) is 0. The summed E-state index contributed by atoms with van der Waals surface area (Å²) in [6.45, 7) is 5.96. The molecule has 1 N–H and O–H groups in total. The molecule has 0 aliphatic carbocycles. The molecule has 0 amide bonds. The predicted octanol–water partition coefficient (Wildman–Crippen LogP) is 3.00. The Morgan fingerprint density at radius 2 is 2.28 bits per heavy atom. The molecule has 0 aliphatic heterocycles. The summed E-state index contributed by atoms with van der Waals surface area (Å²) in [5.74, 6) is -0.195. The van der Waals surface area contributed by atoms with Gasteiger partial charge in [0.05, 0.1) is 24.0 Å². The average molecular weight is 264 g/mol. The van der Waals surface area contributed by atoms with Crippen molar-refractivity contribution in [3.8, 4) is 0 Å². The van der Waals surface area contributed by atoms with Crippen molar-refractivity contribution in [2.75, 3.05) is 6.61 Å². The number of hydrogen-bond acceptors (Lipinski definition) is 4. The van der Waals surface area contributed by atoms with E-state index in [1.807, 2.05) is 39.0 Å². The topological polar surface area (TPSA) is 55.0 Å². The van der Waals surface area contributed by atoms with Gasteiger partial charge in [0.1, 0.15) is 4.75 Å². The van der Waals surface area contributed by atoms with Crippen LogP contribution in [0.1, 0.15) is 20.8 Å². The van der Waals surface area contributed by atoms with Gasteiger partial charge in [-0.15, -0.1) is 11.8 Å². The van der Waals surface area contributed by atoms with Crippen molar-refractivity contribution in [1.82, 2.24) is 9.97 Å². The minimum atomic E-state index is -0.594. The molecule has 2 rings (SSSR count). The van der Waals surface area contributed by atoms with Crippen molar-refractivity contribution < 1.29 is 9.53 Å². The molecule has 0 bridgehead atoms. The summed E-state index contributed by atoms with van der Waals surface area (Å²) in [4.78, 5) is 20.1. The van der Waals surface area contributed by atoms with Crippen LogP contribution >= 0.6 is 11.8 Å². The Balaban J connectivity index is 2.19. The van der Waals surface area contributed by atoms with E-state index in [-0.39, 0.29) is 5.97 Å². The Morgan fingerprint density at radius 3 is 3.00 bits per heavy atom. The summed E-state index contributed by atoms with van der Waals surface area (Å²) in [5.41, 5.74) is 1.90. The minimum Gasteiger partial charge on any atom is -0.465 e. The molecule has 1 aromatic heterocycles. The lowest BCUT2D eigenvalue weighted by molar-refractivity contribution is -0.145. The maximum atomic E-state index is 11.8. The number of nitrogens with one attached hydrogen (secondary N) is 1. The number of thioether (sulfide) groups is 1. The van der Waals surface area contributed by atoms with Gasteiger partial charge in [0.2, 0.25) is 0 Å². The Kier molecular flexibility index (Phi) is 3.61. The van der Waals surface area contributed by atoms with Crippen molar-refractivity contribution in [3.63, 3.8) is 0 Å². The number of H-pyrrole nitrogens is 1. The normalized spacial score (nSPS) is 11.7. The van der Waals surface area contributed by atoms with Crippen molar-refractivity contribution in [1.29, 1.82) is 0 Å². The highest BCUT2D eigenvalue weighted by molar-refractivity contribution is 8.01. The lowest BCUT2D eigenvalue weighted by Gasteiger charge is -2.21. The number of aromatic nitrogens is 2. The largest absolute Gasteiger partial charge is 0.465 e. The molecular formula is C13H16N2O2S. The van der Waals surface area contributed by atoms with Gasteiger partial charge in [-0.05, 0) is 39.0 Å². The van der Waals surface area contributed by atoms with Gasteiger partial charge >= 0.3 is 5.97 Å². The highest BCUT2D eigenvalue weighted by Gasteiger charge is 2.30. The first kappa shape index (κ1) is 13.0. The molecule has 96 valence electrons. The van der Waals surface area contributed by atoms with Crippen LogP contribution in [0.4, 0.5) is 0 Å². The lowest BCUT2D eigenvalue weighted by Crippen LogP contribution is -2.29. The van der Waals surface area contributed by atoms with E-state index in [1.54, 1.807) is 6.33 Å². The molecule has 0 spiro atoms. The zero-order valence-electron chi connectivity index (χ0n) is 10.7. The predicted molar refractivity (Wildman–Crippen MR) is 72.7 cm³/mol.